The van der Waals surface area contributed by atoms with E-state index in [1.54, 1.807) is 0 Å². The molecule has 21 heavy (non-hydrogen) atoms. The summed E-state index contributed by atoms with van der Waals surface area (Å²) < 4.78 is 1.13. The first-order valence-corrected chi connectivity index (χ1v) is 8.37. The van der Waals surface area contributed by atoms with Crippen molar-refractivity contribution in [2.45, 2.75) is 44.1 Å². The molecule has 2 unspecified atom stereocenters. The third-order valence-electron chi connectivity index (χ3n) is 4.28. The molecule has 3 rings (SSSR count). The fourth-order valence-corrected chi connectivity index (χ4v) is 3.21. The normalized spacial score (nSPS) is 26.0. The standard InChI is InChI=1S/C16H22BrN3.HI/c17-13-7-5-12(6-8-13)14-11-15(14)19-16(18)20-9-3-1-2-4-10-20;/h5-8,14-15H,1-4,9-11H2,(H2,18,19);1H. The van der Waals surface area contributed by atoms with Crippen LogP contribution in [0.5, 0.6) is 0 Å². The topological polar surface area (TPSA) is 41.6 Å². The van der Waals surface area contributed by atoms with Crippen LogP contribution in [0.1, 0.15) is 43.6 Å². The van der Waals surface area contributed by atoms with Crippen LogP contribution in [0.3, 0.4) is 0 Å². The molecule has 5 heteroatoms. The Balaban J connectivity index is 0.00000161. The number of rotatable bonds is 2. The molecule has 1 aromatic rings. The molecule has 2 N–H and O–H groups in total. The molecule has 1 saturated carbocycles. The summed E-state index contributed by atoms with van der Waals surface area (Å²) in [6.07, 6.45) is 6.29. The van der Waals surface area contributed by atoms with Gasteiger partial charge in [-0.2, -0.15) is 0 Å². The minimum atomic E-state index is 0. The van der Waals surface area contributed by atoms with Crippen molar-refractivity contribution in [1.82, 2.24) is 4.90 Å². The molecule has 2 atom stereocenters. The van der Waals surface area contributed by atoms with Crippen molar-refractivity contribution < 1.29 is 0 Å². The van der Waals surface area contributed by atoms with Crippen LogP contribution in [-0.2, 0) is 0 Å². The fraction of sp³-hybridized carbons (Fsp3) is 0.562. The summed E-state index contributed by atoms with van der Waals surface area (Å²) in [5.41, 5.74) is 7.57. The molecule has 2 fully saturated rings. The van der Waals surface area contributed by atoms with Gasteiger partial charge < -0.3 is 10.6 Å². The molecule has 0 amide bonds. The van der Waals surface area contributed by atoms with Crippen LogP contribution in [0.4, 0.5) is 0 Å². The maximum absolute atomic E-state index is 6.19. The van der Waals surface area contributed by atoms with Crippen LogP contribution in [0.2, 0.25) is 0 Å². The number of hydrogen-bond donors (Lipinski definition) is 1. The molecule has 0 radical (unpaired) electrons. The average molecular weight is 464 g/mol. The average Bonchev–Trinajstić information content (AvgIpc) is 3.22. The Morgan fingerprint density at radius 3 is 2.33 bits per heavy atom. The molecule has 3 nitrogen and oxygen atoms in total. The number of benzene rings is 1. The Labute approximate surface area is 152 Å². The van der Waals surface area contributed by atoms with Gasteiger partial charge in [-0.25, -0.2) is 4.99 Å². The first-order valence-electron chi connectivity index (χ1n) is 7.58. The minimum absolute atomic E-state index is 0. The highest BCUT2D eigenvalue weighted by Crippen LogP contribution is 2.43. The fourth-order valence-electron chi connectivity index (χ4n) is 2.94. The number of guanidine groups is 1. The molecule has 116 valence electrons. The van der Waals surface area contributed by atoms with Crippen LogP contribution in [-0.4, -0.2) is 30.0 Å². The lowest BCUT2D eigenvalue weighted by Gasteiger charge is -2.21. The van der Waals surface area contributed by atoms with Crippen molar-refractivity contribution in [2.24, 2.45) is 10.7 Å². The second-order valence-electron chi connectivity index (χ2n) is 5.85. The van der Waals surface area contributed by atoms with E-state index in [-0.39, 0.29) is 24.0 Å². The number of aliphatic imine (C=N–C) groups is 1. The molecular weight excluding hydrogens is 441 g/mol. The maximum atomic E-state index is 6.19. The van der Waals surface area contributed by atoms with E-state index in [1.165, 1.54) is 31.2 Å². The highest BCUT2D eigenvalue weighted by Gasteiger charge is 2.38. The van der Waals surface area contributed by atoms with E-state index in [2.05, 4.69) is 45.1 Å². The van der Waals surface area contributed by atoms with Crippen LogP contribution >= 0.6 is 39.9 Å². The largest absolute Gasteiger partial charge is 0.370 e. The summed E-state index contributed by atoms with van der Waals surface area (Å²) in [7, 11) is 0. The zero-order chi connectivity index (χ0) is 13.9. The SMILES string of the molecule is I.NC(=NC1CC1c1ccc(Br)cc1)N1CCCCCC1. The number of nitrogens with zero attached hydrogens (tertiary/aromatic N) is 2. The highest BCUT2D eigenvalue weighted by molar-refractivity contribution is 14.0. The van der Waals surface area contributed by atoms with E-state index in [9.17, 15) is 0 Å². The van der Waals surface area contributed by atoms with Crippen molar-refractivity contribution >= 4 is 45.9 Å². The van der Waals surface area contributed by atoms with Gasteiger partial charge in [0.05, 0.1) is 6.04 Å². The third kappa shape index (κ3) is 4.58. The number of hydrogen-bond acceptors (Lipinski definition) is 1. The number of likely N-dealkylation sites (tertiary alicyclic amines) is 1. The van der Waals surface area contributed by atoms with Crippen LogP contribution in [0.15, 0.2) is 33.7 Å². The predicted molar refractivity (Wildman–Crippen MR) is 102 cm³/mol. The third-order valence-corrected chi connectivity index (χ3v) is 4.81. The van der Waals surface area contributed by atoms with Gasteiger partial charge in [-0.1, -0.05) is 40.9 Å². The Morgan fingerprint density at radius 2 is 1.71 bits per heavy atom. The molecule has 0 spiro atoms. The Kier molecular flexibility index (Phi) is 6.34. The Morgan fingerprint density at radius 1 is 1.10 bits per heavy atom. The van der Waals surface area contributed by atoms with E-state index in [0.717, 1.165) is 29.9 Å². The summed E-state index contributed by atoms with van der Waals surface area (Å²) in [4.78, 5) is 7.01. The monoisotopic (exact) mass is 463 g/mol. The first-order chi connectivity index (χ1) is 9.74. The molecule has 1 aliphatic carbocycles. The van der Waals surface area contributed by atoms with E-state index in [4.69, 9.17) is 10.7 Å². The second-order valence-corrected chi connectivity index (χ2v) is 6.77. The van der Waals surface area contributed by atoms with Crippen molar-refractivity contribution in [1.29, 1.82) is 0 Å². The molecule has 1 aromatic carbocycles. The lowest BCUT2D eigenvalue weighted by molar-refractivity contribution is 0.428. The summed E-state index contributed by atoms with van der Waals surface area (Å²) >= 11 is 3.48. The maximum Gasteiger partial charge on any atom is 0.191 e. The molecule has 0 aromatic heterocycles. The summed E-state index contributed by atoms with van der Waals surface area (Å²) in [5, 5.41) is 0. The Hall–Kier alpha value is -0.300. The Bertz CT molecular complexity index is 481. The minimum Gasteiger partial charge on any atom is -0.370 e. The summed E-state index contributed by atoms with van der Waals surface area (Å²) in [6.45, 7) is 2.15. The van der Waals surface area contributed by atoms with E-state index in [1.807, 2.05) is 0 Å². The zero-order valence-corrected chi connectivity index (χ0v) is 16.1. The van der Waals surface area contributed by atoms with Gasteiger partial charge in [-0.3, -0.25) is 0 Å². The smallest absolute Gasteiger partial charge is 0.191 e. The van der Waals surface area contributed by atoms with E-state index >= 15 is 0 Å². The van der Waals surface area contributed by atoms with Gasteiger partial charge in [0.2, 0.25) is 0 Å². The lowest BCUT2D eigenvalue weighted by atomic mass is 10.1. The van der Waals surface area contributed by atoms with Crippen molar-refractivity contribution in [2.75, 3.05) is 13.1 Å². The molecular formula is C16H23BrIN3. The lowest BCUT2D eigenvalue weighted by Crippen LogP contribution is -2.38. The first kappa shape index (κ1) is 17.1. The zero-order valence-electron chi connectivity index (χ0n) is 12.2. The quantitative estimate of drug-likeness (QED) is 0.407. The molecule has 1 aliphatic heterocycles. The number of halogens is 2. The van der Waals surface area contributed by atoms with Gasteiger partial charge >= 0.3 is 0 Å². The van der Waals surface area contributed by atoms with Gasteiger partial charge in [0.25, 0.3) is 0 Å². The summed E-state index contributed by atoms with van der Waals surface area (Å²) in [5.74, 6) is 1.32. The van der Waals surface area contributed by atoms with Crippen molar-refractivity contribution in [3.63, 3.8) is 0 Å². The predicted octanol–water partition coefficient (Wildman–Crippen LogP) is 4.11. The van der Waals surface area contributed by atoms with E-state index < -0.39 is 0 Å². The van der Waals surface area contributed by atoms with Crippen LogP contribution in [0.25, 0.3) is 0 Å². The molecule has 0 bridgehead atoms. The number of nitrogens with two attached hydrogens (primary N) is 1. The highest BCUT2D eigenvalue weighted by atomic mass is 127. The second kappa shape index (κ2) is 7.81. The van der Waals surface area contributed by atoms with Crippen LogP contribution < -0.4 is 5.73 Å². The molecule has 1 saturated heterocycles. The van der Waals surface area contributed by atoms with Crippen LogP contribution in [0, 0.1) is 0 Å². The summed E-state index contributed by atoms with van der Waals surface area (Å²) in [6, 6.07) is 8.97. The van der Waals surface area contributed by atoms with Gasteiger partial charge in [0.15, 0.2) is 5.96 Å². The molecule has 2 aliphatic rings. The molecule has 1 heterocycles. The van der Waals surface area contributed by atoms with Gasteiger partial charge in [0, 0.05) is 23.5 Å². The van der Waals surface area contributed by atoms with Crippen molar-refractivity contribution in [3.05, 3.63) is 34.3 Å². The van der Waals surface area contributed by atoms with Gasteiger partial charge in [-0.15, -0.1) is 24.0 Å². The van der Waals surface area contributed by atoms with Gasteiger partial charge in [0.1, 0.15) is 0 Å². The van der Waals surface area contributed by atoms with Crippen molar-refractivity contribution in [3.8, 4) is 0 Å². The van der Waals surface area contributed by atoms with E-state index in [0.29, 0.717) is 12.0 Å². The van der Waals surface area contributed by atoms with Gasteiger partial charge in [-0.05, 0) is 37.0 Å².